The van der Waals surface area contributed by atoms with E-state index in [1.54, 1.807) is 16.2 Å². The van der Waals surface area contributed by atoms with E-state index in [9.17, 15) is 9.59 Å². The number of carbonyl (C=O) groups excluding carboxylic acids is 2. The van der Waals surface area contributed by atoms with Crippen LogP contribution in [-0.4, -0.2) is 46.8 Å². The van der Waals surface area contributed by atoms with Gasteiger partial charge in [-0.15, -0.1) is 11.3 Å². The Labute approximate surface area is 238 Å². The van der Waals surface area contributed by atoms with E-state index >= 15 is 0 Å². The van der Waals surface area contributed by atoms with Gasteiger partial charge in [0.25, 0.3) is 5.91 Å². The number of fused-ring (bicyclic) bond motifs is 1. The second kappa shape index (κ2) is 11.6. The van der Waals surface area contributed by atoms with Crippen molar-refractivity contribution in [1.82, 2.24) is 9.47 Å². The lowest BCUT2D eigenvalue weighted by Crippen LogP contribution is -2.35. The van der Waals surface area contributed by atoms with Gasteiger partial charge >= 0.3 is 6.09 Å². The number of hydrogen-bond acceptors (Lipinski definition) is 6. The highest BCUT2D eigenvalue weighted by molar-refractivity contribution is 7.17. The van der Waals surface area contributed by atoms with E-state index in [4.69, 9.17) is 14.2 Å². The lowest BCUT2D eigenvalue weighted by atomic mass is 10.1. The van der Waals surface area contributed by atoms with Crippen LogP contribution < -0.4 is 14.8 Å². The summed E-state index contributed by atoms with van der Waals surface area (Å²) in [5.74, 6) is 1.61. The minimum atomic E-state index is -0.492. The van der Waals surface area contributed by atoms with Crippen LogP contribution in [0.3, 0.4) is 0 Å². The molecule has 2 amide bonds. The van der Waals surface area contributed by atoms with E-state index in [0.717, 1.165) is 39.4 Å². The van der Waals surface area contributed by atoms with Gasteiger partial charge in [0, 0.05) is 31.7 Å². The number of benzene rings is 2. The van der Waals surface area contributed by atoms with Gasteiger partial charge < -0.3 is 29.0 Å². The molecule has 0 bridgehead atoms. The fourth-order valence-electron chi connectivity index (χ4n) is 4.68. The third kappa shape index (κ3) is 6.77. The molecular weight excluding hydrogens is 526 g/mol. The zero-order chi connectivity index (χ0) is 28.3. The minimum absolute atomic E-state index is 0.144. The first-order chi connectivity index (χ1) is 19.1. The number of anilines is 1. The van der Waals surface area contributed by atoms with E-state index < -0.39 is 5.60 Å². The maximum Gasteiger partial charge on any atom is 0.410 e. The Balaban J connectivity index is 1.08. The summed E-state index contributed by atoms with van der Waals surface area (Å²) < 4.78 is 20.4. The average Bonchev–Trinajstić information content (AvgIpc) is 3.64. The van der Waals surface area contributed by atoms with Crippen LogP contribution in [0.2, 0.25) is 0 Å². The van der Waals surface area contributed by atoms with Crippen LogP contribution in [0.1, 0.15) is 43.2 Å². The first-order valence-electron chi connectivity index (χ1n) is 13.4. The molecule has 2 aromatic heterocycles. The third-order valence-corrected chi connectivity index (χ3v) is 7.59. The number of rotatable bonds is 8. The van der Waals surface area contributed by atoms with Gasteiger partial charge in [-0.05, 0) is 86.7 Å². The van der Waals surface area contributed by atoms with Crippen molar-refractivity contribution in [3.8, 4) is 11.5 Å². The number of aromatic nitrogens is 1. The number of likely N-dealkylation sites (tertiary alicyclic amines) is 1. The molecule has 9 heteroatoms. The molecule has 0 radical (unpaired) electrons. The Morgan fingerprint density at radius 2 is 1.77 bits per heavy atom. The lowest BCUT2D eigenvalue weighted by Gasteiger charge is -2.24. The van der Waals surface area contributed by atoms with Crippen molar-refractivity contribution < 1.29 is 23.8 Å². The summed E-state index contributed by atoms with van der Waals surface area (Å²) in [6, 6.07) is 19.1. The molecule has 1 aliphatic heterocycles. The van der Waals surface area contributed by atoms with Crippen LogP contribution in [0.15, 0.2) is 66.0 Å². The average molecular weight is 562 g/mol. The Kier molecular flexibility index (Phi) is 8.02. The Morgan fingerprint density at radius 3 is 2.50 bits per heavy atom. The normalized spacial score (nSPS) is 15.3. The first kappa shape index (κ1) is 27.6. The maximum absolute atomic E-state index is 12.9. The quantitative estimate of drug-likeness (QED) is 0.259. The molecule has 5 rings (SSSR count). The smallest absolute Gasteiger partial charge is 0.410 e. The topological polar surface area (TPSA) is 82.0 Å². The fourth-order valence-corrected chi connectivity index (χ4v) is 5.52. The standard InChI is InChI=1S/C31H35N3O5S/c1-31(2,3)39-30(36)34-14-12-22(18-34)20-38-25-10-8-24(9-11-25)37-19-21-6-5-7-23(16-21)32-29(35)27-17-28-26(33(27)4)13-15-40-28/h5-11,13,15-17,22H,12,14,18-20H2,1-4H3,(H,32,35). The zero-order valence-corrected chi connectivity index (χ0v) is 24.1. The van der Waals surface area contributed by atoms with E-state index in [1.165, 1.54) is 0 Å². The van der Waals surface area contributed by atoms with E-state index in [0.29, 0.717) is 32.0 Å². The molecule has 1 saturated heterocycles. The first-order valence-corrected chi connectivity index (χ1v) is 14.3. The minimum Gasteiger partial charge on any atom is -0.493 e. The molecule has 1 N–H and O–H groups in total. The number of thiophene rings is 1. The molecule has 8 nitrogen and oxygen atoms in total. The molecule has 1 atom stereocenters. The summed E-state index contributed by atoms with van der Waals surface area (Å²) in [4.78, 5) is 26.9. The van der Waals surface area contributed by atoms with Crippen LogP contribution in [0, 0.1) is 5.92 Å². The summed E-state index contributed by atoms with van der Waals surface area (Å²) >= 11 is 1.62. The molecule has 0 aliphatic carbocycles. The number of ether oxygens (including phenoxy) is 3. The van der Waals surface area contributed by atoms with Crippen molar-refractivity contribution >= 4 is 39.2 Å². The number of aryl methyl sites for hydroxylation is 1. The largest absolute Gasteiger partial charge is 0.493 e. The molecule has 1 aliphatic rings. The summed E-state index contributed by atoms with van der Waals surface area (Å²) in [5, 5.41) is 5.02. The maximum atomic E-state index is 12.9. The van der Waals surface area contributed by atoms with Gasteiger partial charge in [-0.25, -0.2) is 4.79 Å². The SMILES string of the molecule is Cn1c(C(=O)Nc2cccc(COc3ccc(OCC4CCN(C(=O)OC(C)(C)C)C4)cc3)c2)cc2sccc21. The van der Waals surface area contributed by atoms with Gasteiger partial charge in [0.2, 0.25) is 0 Å². The number of nitrogens with one attached hydrogen (secondary N) is 1. The molecular formula is C31H35N3O5S. The number of amides is 2. The summed E-state index contributed by atoms with van der Waals surface area (Å²) in [6.07, 6.45) is 0.629. The van der Waals surface area contributed by atoms with Gasteiger partial charge in [-0.3, -0.25) is 4.79 Å². The molecule has 3 heterocycles. The van der Waals surface area contributed by atoms with Crippen LogP contribution in [0.5, 0.6) is 11.5 Å². The molecule has 0 spiro atoms. The third-order valence-electron chi connectivity index (χ3n) is 6.73. The van der Waals surface area contributed by atoms with Crippen LogP contribution in [-0.2, 0) is 18.4 Å². The number of carbonyl (C=O) groups is 2. The highest BCUT2D eigenvalue weighted by atomic mass is 32.1. The van der Waals surface area contributed by atoms with Gasteiger partial charge in [0.1, 0.15) is 29.4 Å². The highest BCUT2D eigenvalue weighted by Crippen LogP contribution is 2.26. The Bertz CT molecular complexity index is 1480. The fraction of sp³-hybridized carbons (Fsp3) is 0.355. The molecule has 210 valence electrons. The molecule has 1 unspecified atom stereocenters. The van der Waals surface area contributed by atoms with Gasteiger partial charge in [0.05, 0.1) is 16.8 Å². The second-order valence-electron chi connectivity index (χ2n) is 11.1. The van der Waals surface area contributed by atoms with E-state index in [1.807, 2.05) is 98.4 Å². The van der Waals surface area contributed by atoms with Crippen molar-refractivity contribution in [1.29, 1.82) is 0 Å². The second-order valence-corrected chi connectivity index (χ2v) is 12.0. The van der Waals surface area contributed by atoms with Gasteiger partial charge in [-0.1, -0.05) is 12.1 Å². The highest BCUT2D eigenvalue weighted by Gasteiger charge is 2.30. The number of nitrogens with zero attached hydrogens (tertiary/aromatic N) is 2. The molecule has 2 aromatic carbocycles. The van der Waals surface area contributed by atoms with Crippen LogP contribution in [0.25, 0.3) is 10.2 Å². The zero-order valence-electron chi connectivity index (χ0n) is 23.3. The molecule has 4 aromatic rings. The number of hydrogen-bond donors (Lipinski definition) is 1. The van der Waals surface area contributed by atoms with Crippen molar-refractivity contribution in [3.63, 3.8) is 0 Å². The van der Waals surface area contributed by atoms with Crippen molar-refractivity contribution in [2.45, 2.75) is 39.4 Å². The Hall–Kier alpha value is -3.98. The summed E-state index contributed by atoms with van der Waals surface area (Å²) in [7, 11) is 1.90. The summed E-state index contributed by atoms with van der Waals surface area (Å²) in [6.45, 7) is 7.86. The molecule has 0 saturated carbocycles. The molecule has 40 heavy (non-hydrogen) atoms. The predicted molar refractivity (Wildman–Crippen MR) is 157 cm³/mol. The van der Waals surface area contributed by atoms with Gasteiger partial charge in [0.15, 0.2) is 0 Å². The monoisotopic (exact) mass is 561 g/mol. The molecule has 1 fully saturated rings. The Morgan fingerprint density at radius 1 is 1.02 bits per heavy atom. The van der Waals surface area contributed by atoms with E-state index in [-0.39, 0.29) is 17.9 Å². The van der Waals surface area contributed by atoms with E-state index in [2.05, 4.69) is 5.32 Å². The predicted octanol–water partition coefficient (Wildman–Crippen LogP) is 6.71. The van der Waals surface area contributed by atoms with Crippen LogP contribution >= 0.6 is 11.3 Å². The van der Waals surface area contributed by atoms with Crippen LogP contribution in [0.4, 0.5) is 10.5 Å². The van der Waals surface area contributed by atoms with Crippen molar-refractivity contribution in [2.75, 3.05) is 25.0 Å². The van der Waals surface area contributed by atoms with Gasteiger partial charge in [-0.2, -0.15) is 0 Å². The summed E-state index contributed by atoms with van der Waals surface area (Å²) in [5.41, 5.74) is 2.85. The lowest BCUT2D eigenvalue weighted by molar-refractivity contribution is 0.0284. The van der Waals surface area contributed by atoms with Crippen molar-refractivity contribution in [3.05, 3.63) is 77.3 Å². The van der Waals surface area contributed by atoms with Crippen molar-refractivity contribution in [2.24, 2.45) is 13.0 Å².